The lowest BCUT2D eigenvalue weighted by Crippen LogP contribution is -2.60. The molecule has 0 spiro atoms. The van der Waals surface area contributed by atoms with E-state index in [1.165, 1.54) is 5.56 Å². The summed E-state index contributed by atoms with van der Waals surface area (Å²) in [6.07, 6.45) is 2.19. The van der Waals surface area contributed by atoms with Gasteiger partial charge in [-0.1, -0.05) is 13.8 Å². The molecule has 3 heteroatoms. The molecule has 3 atom stereocenters. The van der Waals surface area contributed by atoms with Crippen LogP contribution >= 0.6 is 0 Å². The number of carbonyl (C=O) groups is 1. The SMILES string of the molecule is CC[C@@]12CCN(C)[C@H](C(=O)c3ccc(OC)cc31)[C@@H]2C. The molecule has 1 aliphatic carbocycles. The van der Waals surface area contributed by atoms with E-state index in [4.69, 9.17) is 4.74 Å². The van der Waals surface area contributed by atoms with Crippen molar-refractivity contribution in [2.24, 2.45) is 5.92 Å². The minimum atomic E-state index is 0.0320. The van der Waals surface area contributed by atoms with Crippen LogP contribution in [0, 0.1) is 5.92 Å². The molecule has 3 nitrogen and oxygen atoms in total. The first-order chi connectivity index (χ1) is 9.55. The summed E-state index contributed by atoms with van der Waals surface area (Å²) in [5.41, 5.74) is 2.23. The Morgan fingerprint density at radius 1 is 1.45 bits per heavy atom. The Morgan fingerprint density at radius 3 is 2.85 bits per heavy atom. The molecule has 2 bridgehead atoms. The van der Waals surface area contributed by atoms with E-state index in [9.17, 15) is 4.79 Å². The van der Waals surface area contributed by atoms with Crippen LogP contribution in [0.4, 0.5) is 0 Å². The predicted octanol–water partition coefficient (Wildman–Crippen LogP) is 2.88. The van der Waals surface area contributed by atoms with Crippen LogP contribution in [-0.2, 0) is 5.41 Å². The zero-order chi connectivity index (χ0) is 14.5. The van der Waals surface area contributed by atoms with Crippen molar-refractivity contribution in [3.8, 4) is 5.75 Å². The number of likely N-dealkylation sites (tertiary alicyclic amines) is 1. The molecule has 0 aromatic heterocycles. The van der Waals surface area contributed by atoms with E-state index in [0.29, 0.717) is 5.92 Å². The largest absolute Gasteiger partial charge is 0.497 e. The van der Waals surface area contributed by atoms with E-state index in [2.05, 4.69) is 31.9 Å². The van der Waals surface area contributed by atoms with Crippen molar-refractivity contribution in [1.29, 1.82) is 0 Å². The topological polar surface area (TPSA) is 29.5 Å². The van der Waals surface area contributed by atoms with Crippen LogP contribution in [0.1, 0.15) is 42.6 Å². The number of likely N-dealkylation sites (N-methyl/N-ethyl adjacent to an activating group) is 1. The molecule has 20 heavy (non-hydrogen) atoms. The highest BCUT2D eigenvalue weighted by Crippen LogP contribution is 2.51. The summed E-state index contributed by atoms with van der Waals surface area (Å²) >= 11 is 0. The summed E-state index contributed by atoms with van der Waals surface area (Å²) < 4.78 is 5.38. The molecule has 0 saturated carbocycles. The smallest absolute Gasteiger partial charge is 0.180 e. The van der Waals surface area contributed by atoms with Crippen LogP contribution in [0.2, 0.25) is 0 Å². The van der Waals surface area contributed by atoms with E-state index < -0.39 is 0 Å². The summed E-state index contributed by atoms with van der Waals surface area (Å²) in [6, 6.07) is 5.99. The lowest BCUT2D eigenvalue weighted by atomic mass is 9.56. The molecule has 3 rings (SSSR count). The van der Waals surface area contributed by atoms with Gasteiger partial charge < -0.3 is 4.74 Å². The first-order valence-electron chi connectivity index (χ1n) is 7.48. The third-order valence-corrected chi connectivity index (χ3v) is 5.66. The summed E-state index contributed by atoms with van der Waals surface area (Å²) in [5, 5.41) is 0. The lowest BCUT2D eigenvalue weighted by Gasteiger charge is -2.54. The van der Waals surface area contributed by atoms with E-state index in [1.807, 2.05) is 12.1 Å². The zero-order valence-electron chi connectivity index (χ0n) is 12.8. The van der Waals surface area contributed by atoms with Gasteiger partial charge in [0, 0.05) is 11.0 Å². The molecule has 0 radical (unpaired) electrons. The van der Waals surface area contributed by atoms with Crippen LogP contribution < -0.4 is 4.74 Å². The average Bonchev–Trinajstić information content (AvgIpc) is 2.46. The molecular weight excluding hydrogens is 250 g/mol. The van der Waals surface area contributed by atoms with E-state index in [1.54, 1.807) is 7.11 Å². The first-order valence-corrected chi connectivity index (χ1v) is 7.48. The number of carbonyl (C=O) groups excluding carboxylic acids is 1. The van der Waals surface area contributed by atoms with Crippen molar-refractivity contribution in [3.63, 3.8) is 0 Å². The van der Waals surface area contributed by atoms with Crippen LogP contribution in [-0.4, -0.2) is 37.4 Å². The number of piperidine rings is 1. The fraction of sp³-hybridized carbons (Fsp3) is 0.588. The van der Waals surface area contributed by atoms with Gasteiger partial charge in [0.05, 0.1) is 13.2 Å². The second-order valence-electron chi connectivity index (χ2n) is 6.25. The maximum Gasteiger partial charge on any atom is 0.180 e. The summed E-state index contributed by atoms with van der Waals surface area (Å²) in [5.74, 6) is 1.49. The quantitative estimate of drug-likeness (QED) is 0.830. The van der Waals surface area contributed by atoms with Gasteiger partial charge in [0.2, 0.25) is 0 Å². The molecule has 1 aliphatic heterocycles. The van der Waals surface area contributed by atoms with Crippen molar-refractivity contribution in [1.82, 2.24) is 4.90 Å². The molecule has 0 N–H and O–H groups in total. The molecule has 1 fully saturated rings. The lowest BCUT2D eigenvalue weighted by molar-refractivity contribution is 0.0329. The summed E-state index contributed by atoms with van der Waals surface area (Å²) in [4.78, 5) is 15.1. The highest BCUT2D eigenvalue weighted by atomic mass is 16.5. The third kappa shape index (κ3) is 1.59. The number of rotatable bonds is 2. The Balaban J connectivity index is 2.24. The molecule has 1 saturated heterocycles. The molecular formula is C17H23NO2. The number of benzene rings is 1. The Hall–Kier alpha value is -1.35. The fourth-order valence-electron chi connectivity index (χ4n) is 4.36. The Bertz CT molecular complexity index is 554. The van der Waals surface area contributed by atoms with Crippen LogP contribution in [0.15, 0.2) is 18.2 Å². The molecule has 1 aromatic carbocycles. The van der Waals surface area contributed by atoms with Crippen molar-refractivity contribution in [2.45, 2.75) is 38.1 Å². The number of hydrogen-bond donors (Lipinski definition) is 0. The number of hydrogen-bond acceptors (Lipinski definition) is 3. The number of nitrogens with zero attached hydrogens (tertiary/aromatic N) is 1. The Kier molecular flexibility index (Phi) is 3.13. The summed E-state index contributed by atoms with van der Waals surface area (Å²) in [7, 11) is 3.76. The standard InChI is InChI=1S/C17H23NO2/c1-5-17-8-9-18(3)15(11(17)2)16(19)13-7-6-12(20-4)10-14(13)17/h6-7,10-11,15H,5,8-9H2,1-4H3/t11-,15-,17-/m0/s1. The van der Waals surface area contributed by atoms with Gasteiger partial charge in [0.1, 0.15) is 5.75 Å². The second kappa shape index (κ2) is 4.59. The van der Waals surface area contributed by atoms with Gasteiger partial charge in [-0.15, -0.1) is 0 Å². The van der Waals surface area contributed by atoms with E-state index in [0.717, 1.165) is 30.7 Å². The highest BCUT2D eigenvalue weighted by Gasteiger charge is 2.53. The second-order valence-corrected chi connectivity index (χ2v) is 6.25. The minimum absolute atomic E-state index is 0.0320. The number of ketones is 1. The summed E-state index contributed by atoms with van der Waals surface area (Å²) in [6.45, 7) is 5.48. The van der Waals surface area contributed by atoms with Crippen LogP contribution in [0.5, 0.6) is 5.75 Å². The monoisotopic (exact) mass is 273 g/mol. The number of methoxy groups -OCH3 is 1. The van der Waals surface area contributed by atoms with Gasteiger partial charge >= 0.3 is 0 Å². The van der Waals surface area contributed by atoms with Crippen LogP contribution in [0.25, 0.3) is 0 Å². The van der Waals surface area contributed by atoms with Gasteiger partial charge in [0.25, 0.3) is 0 Å². The normalized spacial score (nSPS) is 32.9. The van der Waals surface area contributed by atoms with Crippen LogP contribution in [0.3, 0.4) is 0 Å². The Morgan fingerprint density at radius 2 is 2.20 bits per heavy atom. The molecule has 1 heterocycles. The minimum Gasteiger partial charge on any atom is -0.497 e. The zero-order valence-corrected chi connectivity index (χ0v) is 12.8. The number of fused-ring (bicyclic) bond motifs is 4. The predicted molar refractivity (Wildman–Crippen MR) is 79.5 cm³/mol. The van der Waals surface area contributed by atoms with Gasteiger partial charge in [-0.25, -0.2) is 0 Å². The fourth-order valence-corrected chi connectivity index (χ4v) is 4.36. The molecule has 2 aliphatic rings. The third-order valence-electron chi connectivity index (χ3n) is 5.66. The number of ether oxygens (including phenoxy) is 1. The maximum atomic E-state index is 12.8. The van der Waals surface area contributed by atoms with Crippen molar-refractivity contribution in [2.75, 3.05) is 20.7 Å². The van der Waals surface area contributed by atoms with E-state index in [-0.39, 0.29) is 17.2 Å². The molecule has 0 amide bonds. The van der Waals surface area contributed by atoms with Gasteiger partial charge in [-0.3, -0.25) is 9.69 Å². The molecule has 108 valence electrons. The molecule has 0 unspecified atom stereocenters. The van der Waals surface area contributed by atoms with E-state index >= 15 is 0 Å². The van der Waals surface area contributed by atoms with Crippen molar-refractivity contribution in [3.05, 3.63) is 29.3 Å². The van der Waals surface area contributed by atoms with Gasteiger partial charge in [0.15, 0.2) is 5.78 Å². The van der Waals surface area contributed by atoms with Crippen molar-refractivity contribution >= 4 is 5.78 Å². The number of Topliss-reactive ketones (excluding diaryl/α,β-unsaturated/α-hetero) is 1. The average molecular weight is 273 g/mol. The van der Waals surface area contributed by atoms with Gasteiger partial charge in [-0.05, 0) is 56.1 Å². The van der Waals surface area contributed by atoms with Gasteiger partial charge in [-0.2, -0.15) is 0 Å². The van der Waals surface area contributed by atoms with Crippen molar-refractivity contribution < 1.29 is 9.53 Å². The Labute approximate surface area is 120 Å². The molecule has 1 aromatic rings. The highest BCUT2D eigenvalue weighted by molar-refractivity contribution is 6.03. The first kappa shape index (κ1) is 13.6. The maximum absolute atomic E-state index is 12.8.